The zero-order valence-electron chi connectivity index (χ0n) is 27.3. The van der Waals surface area contributed by atoms with E-state index in [9.17, 15) is 50.1 Å². The van der Waals surface area contributed by atoms with E-state index >= 15 is 0 Å². The van der Waals surface area contributed by atoms with Crippen molar-refractivity contribution in [1.29, 1.82) is 0 Å². The van der Waals surface area contributed by atoms with Crippen LogP contribution in [-0.4, -0.2) is 110 Å². The van der Waals surface area contributed by atoms with Crippen LogP contribution in [0.2, 0.25) is 0 Å². The number of aromatic hydroxyl groups is 2. The molecule has 0 saturated carbocycles. The first-order valence-corrected chi connectivity index (χ1v) is 15.9. The molecule has 3 aromatic rings. The molecule has 1 aliphatic heterocycles. The normalized spacial score (nSPS) is 21.1. The second kappa shape index (κ2) is 17.6. The van der Waals surface area contributed by atoms with Crippen LogP contribution in [0.4, 0.5) is 0 Å². The number of rotatable bonds is 16. The quantitative estimate of drug-likeness (QED) is 0.0713. The number of nitrogens with one attached hydrogen (secondary N) is 2. The van der Waals surface area contributed by atoms with Gasteiger partial charge in [0.1, 0.15) is 24.6 Å². The monoisotopic (exact) mass is 708 g/mol. The molecular formula is C36H40N2O13. The van der Waals surface area contributed by atoms with Gasteiger partial charge >= 0.3 is 5.97 Å². The summed E-state index contributed by atoms with van der Waals surface area (Å²) in [6, 6.07) is 16.3. The van der Waals surface area contributed by atoms with Gasteiger partial charge in [-0.05, 0) is 46.5 Å². The predicted molar refractivity (Wildman–Crippen MR) is 179 cm³/mol. The average Bonchev–Trinajstić information content (AvgIpc) is 3.11. The minimum atomic E-state index is -2.61. The van der Waals surface area contributed by atoms with Gasteiger partial charge in [-0.1, -0.05) is 42.5 Å². The van der Waals surface area contributed by atoms with Crippen LogP contribution in [0.5, 0.6) is 17.2 Å². The number of terminal acetylenes is 1. The lowest BCUT2D eigenvalue weighted by Crippen LogP contribution is -2.68. The largest absolute Gasteiger partial charge is 0.508 e. The molecule has 3 aromatic carbocycles. The first kappa shape index (κ1) is 38.6. The number of amides is 2. The topological polar surface area (TPSA) is 245 Å². The summed E-state index contributed by atoms with van der Waals surface area (Å²) in [5.74, 6) is -3.44. The molecule has 6 atom stereocenters. The highest BCUT2D eigenvalue weighted by Gasteiger charge is 2.56. The number of carbonyl (C=O) groups is 3. The Morgan fingerprint density at radius 3 is 2.24 bits per heavy atom. The molecule has 51 heavy (non-hydrogen) atoms. The van der Waals surface area contributed by atoms with E-state index in [4.69, 9.17) is 20.6 Å². The minimum Gasteiger partial charge on any atom is -0.508 e. The Kier molecular flexibility index (Phi) is 13.3. The number of carbonyl (C=O) groups excluding carboxylic acids is 2. The molecule has 15 heteroatoms. The van der Waals surface area contributed by atoms with Gasteiger partial charge in [0.05, 0.1) is 37.9 Å². The van der Waals surface area contributed by atoms with Crippen LogP contribution in [0.1, 0.15) is 24.0 Å². The van der Waals surface area contributed by atoms with Crippen LogP contribution in [0.3, 0.4) is 0 Å². The van der Waals surface area contributed by atoms with E-state index in [1.54, 1.807) is 48.5 Å². The van der Waals surface area contributed by atoms with E-state index in [1.165, 1.54) is 18.2 Å². The first-order chi connectivity index (χ1) is 24.3. The van der Waals surface area contributed by atoms with Gasteiger partial charge in [0.15, 0.2) is 11.5 Å². The van der Waals surface area contributed by atoms with Gasteiger partial charge in [-0.3, -0.25) is 9.59 Å². The molecule has 1 aliphatic rings. The van der Waals surface area contributed by atoms with Crippen molar-refractivity contribution >= 4 is 17.8 Å². The van der Waals surface area contributed by atoms with Crippen LogP contribution in [0.25, 0.3) is 11.1 Å². The summed E-state index contributed by atoms with van der Waals surface area (Å²) >= 11 is 0. The van der Waals surface area contributed by atoms with E-state index in [-0.39, 0.29) is 35.8 Å². The lowest BCUT2D eigenvalue weighted by molar-refractivity contribution is -0.314. The number of phenols is 2. The van der Waals surface area contributed by atoms with Crippen LogP contribution in [-0.2, 0) is 36.9 Å². The predicted octanol–water partition coefficient (Wildman–Crippen LogP) is 0.172. The highest BCUT2D eigenvalue weighted by molar-refractivity contribution is 5.79. The second-order valence-corrected chi connectivity index (χ2v) is 11.8. The van der Waals surface area contributed by atoms with Gasteiger partial charge in [0.25, 0.3) is 5.79 Å². The van der Waals surface area contributed by atoms with Crippen LogP contribution < -0.4 is 15.4 Å². The molecule has 4 rings (SSSR count). The van der Waals surface area contributed by atoms with Crippen molar-refractivity contribution in [1.82, 2.24) is 10.6 Å². The molecule has 0 aromatic heterocycles. The summed E-state index contributed by atoms with van der Waals surface area (Å²) in [6.45, 7) is -1.86. The highest BCUT2D eigenvalue weighted by Crippen LogP contribution is 2.35. The number of benzene rings is 3. The van der Waals surface area contributed by atoms with Gasteiger partial charge in [0, 0.05) is 19.4 Å². The number of ether oxygens (including phenoxy) is 3. The third-order valence-corrected chi connectivity index (χ3v) is 8.13. The SMILES string of the molecule is C#CCCOc1ccc(CO[C@]2(C(=O)O)C[C@H](O)[C@@H](NC(=O)CO)[C@H]([C@H](O)[C@H](O)CNC(=O)Cc3ccc(-c4ccc(O)cc4)cc3)O2)cc1O. The second-order valence-electron chi connectivity index (χ2n) is 11.8. The van der Waals surface area contributed by atoms with Gasteiger partial charge in [0.2, 0.25) is 11.8 Å². The van der Waals surface area contributed by atoms with Gasteiger partial charge in [-0.25, -0.2) is 4.79 Å². The van der Waals surface area contributed by atoms with E-state index in [0.717, 1.165) is 11.1 Å². The molecule has 1 saturated heterocycles. The van der Waals surface area contributed by atoms with Crippen molar-refractivity contribution in [2.75, 3.05) is 19.8 Å². The van der Waals surface area contributed by atoms with Crippen molar-refractivity contribution in [3.63, 3.8) is 0 Å². The van der Waals surface area contributed by atoms with E-state index < -0.39 is 80.2 Å². The Bertz CT molecular complexity index is 1690. The molecule has 0 aliphatic carbocycles. The fourth-order valence-corrected chi connectivity index (χ4v) is 5.42. The standard InChI is InChI=1S/C36H40N2O13/c1-2-3-14-49-29-13-6-22(15-26(29)41)20-50-36(35(47)48)17-27(42)32(38-31(45)19-39)34(51-36)33(46)28(43)18-37-30(44)16-21-4-7-23(8-5-21)24-9-11-25(40)12-10-24/h1,4-13,15,27-28,32-34,39-43,46H,3,14,16-20H2,(H,37,44)(H,38,45)(H,47,48)/t27-,28+,32+,33+,34+,36+/m0/s1. The maximum absolute atomic E-state index is 12.7. The van der Waals surface area contributed by atoms with Gasteiger partial charge in [-0.2, -0.15) is 0 Å². The Balaban J connectivity index is 1.43. The summed E-state index contributed by atoms with van der Waals surface area (Å²) < 4.78 is 16.7. The number of phenolic OH excluding ortho intramolecular Hbond substituents is 2. The molecule has 0 bridgehead atoms. The Hall–Kier alpha value is -5.21. The molecule has 9 N–H and O–H groups in total. The minimum absolute atomic E-state index is 0.0873. The van der Waals surface area contributed by atoms with E-state index in [0.29, 0.717) is 12.0 Å². The van der Waals surface area contributed by atoms with E-state index in [2.05, 4.69) is 16.6 Å². The Morgan fingerprint density at radius 1 is 0.980 bits per heavy atom. The number of aliphatic hydroxyl groups excluding tert-OH is 4. The zero-order chi connectivity index (χ0) is 37.1. The molecule has 0 radical (unpaired) electrons. The van der Waals surface area contributed by atoms with Crippen molar-refractivity contribution in [3.8, 4) is 40.7 Å². The molecule has 1 fully saturated rings. The summed E-state index contributed by atoms with van der Waals surface area (Å²) in [5.41, 5.74) is 2.63. The Labute approximate surface area is 293 Å². The summed E-state index contributed by atoms with van der Waals surface area (Å²) in [4.78, 5) is 37.4. The fraction of sp³-hybridized carbons (Fsp3) is 0.361. The lowest BCUT2D eigenvalue weighted by atomic mass is 9.88. The number of aliphatic hydroxyl groups is 4. The smallest absolute Gasteiger partial charge is 0.364 e. The third-order valence-electron chi connectivity index (χ3n) is 8.13. The molecule has 0 spiro atoms. The van der Waals surface area contributed by atoms with Crippen molar-refractivity contribution < 1.29 is 64.3 Å². The van der Waals surface area contributed by atoms with Crippen molar-refractivity contribution in [3.05, 3.63) is 77.9 Å². The van der Waals surface area contributed by atoms with Crippen LogP contribution >= 0.6 is 0 Å². The van der Waals surface area contributed by atoms with Gasteiger partial charge in [-0.15, -0.1) is 12.3 Å². The number of hydrogen-bond donors (Lipinski definition) is 9. The fourth-order valence-electron chi connectivity index (χ4n) is 5.42. The lowest BCUT2D eigenvalue weighted by Gasteiger charge is -2.46. The third kappa shape index (κ3) is 10.2. The summed E-state index contributed by atoms with van der Waals surface area (Å²) in [7, 11) is 0. The first-order valence-electron chi connectivity index (χ1n) is 15.9. The Morgan fingerprint density at radius 2 is 1.63 bits per heavy atom. The average molecular weight is 709 g/mol. The number of carboxylic acid groups (broad SMARTS) is 1. The summed E-state index contributed by atoms with van der Waals surface area (Å²) in [6.07, 6.45) is -2.67. The highest BCUT2D eigenvalue weighted by atomic mass is 16.7. The molecule has 272 valence electrons. The molecule has 0 unspecified atom stereocenters. The number of aliphatic carboxylic acids is 1. The van der Waals surface area contributed by atoms with E-state index in [1.807, 2.05) is 0 Å². The van der Waals surface area contributed by atoms with Gasteiger partial charge < -0.3 is 60.6 Å². The molecule has 2 amide bonds. The maximum atomic E-state index is 12.7. The van der Waals surface area contributed by atoms with Crippen LogP contribution in [0.15, 0.2) is 66.7 Å². The van der Waals surface area contributed by atoms with Crippen molar-refractivity contribution in [2.24, 2.45) is 0 Å². The van der Waals surface area contributed by atoms with Crippen LogP contribution in [0, 0.1) is 12.3 Å². The number of hydrogen-bond acceptors (Lipinski definition) is 12. The number of carboxylic acids is 1. The molecule has 15 nitrogen and oxygen atoms in total. The maximum Gasteiger partial charge on any atom is 0.364 e. The molecule has 1 heterocycles. The van der Waals surface area contributed by atoms with Crippen molar-refractivity contribution in [2.45, 2.75) is 62.1 Å². The zero-order valence-corrected chi connectivity index (χ0v) is 27.3. The molecular weight excluding hydrogens is 668 g/mol. The summed E-state index contributed by atoms with van der Waals surface area (Å²) in [5, 5.41) is 77.0.